The highest BCUT2D eigenvalue weighted by molar-refractivity contribution is 5.86. The first-order chi connectivity index (χ1) is 6.68. The van der Waals surface area contributed by atoms with Crippen molar-refractivity contribution in [1.29, 1.82) is 0 Å². The Morgan fingerprint density at radius 1 is 1.50 bits per heavy atom. The molecule has 0 spiro atoms. The Balaban J connectivity index is 2.27. The molecule has 1 saturated carbocycles. The molecule has 0 amide bonds. The average Bonchev–Trinajstić information content (AvgIpc) is 2.70. The molecule has 0 saturated heterocycles. The molecule has 4 heteroatoms. The Bertz CT molecular complexity index is 350. The van der Waals surface area contributed by atoms with Gasteiger partial charge in [-0.1, -0.05) is 12.8 Å². The number of carboxylic acids is 1. The molecule has 0 bridgehead atoms. The van der Waals surface area contributed by atoms with Gasteiger partial charge in [-0.25, -0.2) is 9.78 Å². The first-order valence-corrected chi connectivity index (χ1v) is 4.89. The van der Waals surface area contributed by atoms with E-state index in [9.17, 15) is 4.79 Å². The van der Waals surface area contributed by atoms with E-state index in [1.54, 1.807) is 6.92 Å². The minimum Gasteiger partial charge on any atom is -0.476 e. The second-order valence-electron chi connectivity index (χ2n) is 3.74. The predicted molar refractivity (Wildman–Crippen MR) is 49.4 cm³/mol. The highest BCUT2D eigenvalue weighted by atomic mass is 16.4. The van der Waals surface area contributed by atoms with E-state index in [4.69, 9.17) is 9.52 Å². The van der Waals surface area contributed by atoms with Crippen LogP contribution in [0.25, 0.3) is 0 Å². The number of carbonyl (C=O) groups is 1. The van der Waals surface area contributed by atoms with Crippen molar-refractivity contribution >= 4 is 5.97 Å². The van der Waals surface area contributed by atoms with Gasteiger partial charge in [-0.3, -0.25) is 0 Å². The fourth-order valence-electron chi connectivity index (χ4n) is 1.96. The Hall–Kier alpha value is -1.32. The van der Waals surface area contributed by atoms with Gasteiger partial charge in [-0.15, -0.1) is 0 Å². The maximum absolute atomic E-state index is 10.7. The molecule has 2 rings (SSSR count). The van der Waals surface area contributed by atoms with E-state index < -0.39 is 5.97 Å². The Morgan fingerprint density at radius 3 is 2.64 bits per heavy atom. The van der Waals surface area contributed by atoms with Crippen molar-refractivity contribution in [2.45, 2.75) is 38.5 Å². The van der Waals surface area contributed by atoms with Crippen LogP contribution >= 0.6 is 0 Å². The maximum atomic E-state index is 10.7. The minimum absolute atomic E-state index is 0.0619. The van der Waals surface area contributed by atoms with Crippen LogP contribution in [0, 0.1) is 6.92 Å². The molecular weight excluding hydrogens is 182 g/mol. The summed E-state index contributed by atoms with van der Waals surface area (Å²) >= 11 is 0. The normalized spacial score (nSPS) is 17.5. The van der Waals surface area contributed by atoms with E-state index in [-0.39, 0.29) is 5.69 Å². The molecule has 1 aromatic heterocycles. The fourth-order valence-corrected chi connectivity index (χ4v) is 1.96. The molecule has 1 heterocycles. The van der Waals surface area contributed by atoms with Crippen LogP contribution in [0.4, 0.5) is 0 Å². The Kier molecular flexibility index (Phi) is 2.27. The van der Waals surface area contributed by atoms with Gasteiger partial charge >= 0.3 is 5.97 Å². The molecular formula is C10H13NO3. The fraction of sp³-hybridized carbons (Fsp3) is 0.600. The molecule has 1 aliphatic carbocycles. The number of aromatic nitrogens is 1. The molecule has 0 radical (unpaired) electrons. The van der Waals surface area contributed by atoms with Crippen molar-refractivity contribution in [3.05, 3.63) is 17.3 Å². The number of aromatic carboxylic acids is 1. The zero-order valence-corrected chi connectivity index (χ0v) is 8.12. The van der Waals surface area contributed by atoms with Crippen molar-refractivity contribution in [3.8, 4) is 0 Å². The molecule has 4 nitrogen and oxygen atoms in total. The number of hydrogen-bond acceptors (Lipinski definition) is 3. The third kappa shape index (κ3) is 1.52. The second-order valence-corrected chi connectivity index (χ2v) is 3.74. The lowest BCUT2D eigenvalue weighted by atomic mass is 10.1. The number of carboxylic acid groups (broad SMARTS) is 1. The lowest BCUT2D eigenvalue weighted by molar-refractivity contribution is 0.0689. The minimum atomic E-state index is -1.00. The van der Waals surface area contributed by atoms with Gasteiger partial charge in [0.15, 0.2) is 11.6 Å². The van der Waals surface area contributed by atoms with Gasteiger partial charge < -0.3 is 9.52 Å². The van der Waals surface area contributed by atoms with Gasteiger partial charge in [0.25, 0.3) is 0 Å². The van der Waals surface area contributed by atoms with Crippen LogP contribution in [0.15, 0.2) is 4.42 Å². The van der Waals surface area contributed by atoms with Gasteiger partial charge in [0, 0.05) is 5.92 Å². The molecule has 1 aliphatic rings. The summed E-state index contributed by atoms with van der Waals surface area (Å²) < 4.78 is 5.37. The van der Waals surface area contributed by atoms with Crippen LogP contribution in [0.1, 0.15) is 53.7 Å². The summed E-state index contributed by atoms with van der Waals surface area (Å²) in [5, 5.41) is 8.80. The molecule has 1 aromatic rings. The third-order valence-electron chi connectivity index (χ3n) is 2.72. The molecule has 1 N–H and O–H groups in total. The van der Waals surface area contributed by atoms with Crippen LogP contribution in [-0.4, -0.2) is 16.1 Å². The van der Waals surface area contributed by atoms with Crippen LogP contribution in [0.2, 0.25) is 0 Å². The number of oxazole rings is 1. The lowest BCUT2D eigenvalue weighted by Crippen LogP contribution is -2.00. The summed E-state index contributed by atoms with van der Waals surface area (Å²) in [6, 6.07) is 0. The van der Waals surface area contributed by atoms with Gasteiger partial charge in [0.05, 0.1) is 0 Å². The molecule has 76 valence electrons. The number of nitrogens with zero attached hydrogens (tertiary/aromatic N) is 1. The topological polar surface area (TPSA) is 63.3 Å². The van der Waals surface area contributed by atoms with E-state index in [0.29, 0.717) is 17.6 Å². The monoisotopic (exact) mass is 195 g/mol. The Morgan fingerprint density at radius 2 is 2.14 bits per heavy atom. The average molecular weight is 195 g/mol. The van der Waals surface area contributed by atoms with Gasteiger partial charge in [-0.2, -0.15) is 0 Å². The highest BCUT2D eigenvalue weighted by Crippen LogP contribution is 2.34. The van der Waals surface area contributed by atoms with Crippen LogP contribution in [0.3, 0.4) is 0 Å². The maximum Gasteiger partial charge on any atom is 0.358 e. The van der Waals surface area contributed by atoms with E-state index in [1.807, 2.05) is 0 Å². The Labute approximate surface area is 81.9 Å². The second kappa shape index (κ2) is 3.44. The number of rotatable bonds is 2. The SMILES string of the molecule is Cc1oc(C2CCCC2)nc1C(=O)O. The predicted octanol–water partition coefficient (Wildman–Crippen LogP) is 2.34. The van der Waals surface area contributed by atoms with Gasteiger partial charge in [-0.05, 0) is 19.8 Å². The third-order valence-corrected chi connectivity index (χ3v) is 2.72. The van der Waals surface area contributed by atoms with Crippen LogP contribution in [0.5, 0.6) is 0 Å². The van der Waals surface area contributed by atoms with Crippen molar-refractivity contribution in [2.75, 3.05) is 0 Å². The van der Waals surface area contributed by atoms with E-state index in [0.717, 1.165) is 12.8 Å². The molecule has 0 aliphatic heterocycles. The summed E-state index contributed by atoms with van der Waals surface area (Å²) in [6.07, 6.45) is 4.51. The smallest absolute Gasteiger partial charge is 0.358 e. The lowest BCUT2D eigenvalue weighted by Gasteiger charge is -2.00. The van der Waals surface area contributed by atoms with Crippen molar-refractivity contribution in [1.82, 2.24) is 4.98 Å². The summed E-state index contributed by atoms with van der Waals surface area (Å²) in [5.41, 5.74) is 0.0619. The zero-order chi connectivity index (χ0) is 10.1. The first kappa shape index (κ1) is 9.24. The quantitative estimate of drug-likeness (QED) is 0.786. The molecule has 14 heavy (non-hydrogen) atoms. The van der Waals surface area contributed by atoms with Gasteiger partial charge in [0.1, 0.15) is 5.76 Å². The van der Waals surface area contributed by atoms with Crippen molar-refractivity contribution < 1.29 is 14.3 Å². The molecule has 1 fully saturated rings. The molecule has 0 unspecified atom stereocenters. The summed E-state index contributed by atoms with van der Waals surface area (Å²) in [4.78, 5) is 14.8. The standard InChI is InChI=1S/C10H13NO3/c1-6-8(10(12)13)11-9(14-6)7-4-2-3-5-7/h7H,2-5H2,1H3,(H,12,13). The largest absolute Gasteiger partial charge is 0.476 e. The van der Waals surface area contributed by atoms with Gasteiger partial charge in [0.2, 0.25) is 0 Å². The molecule has 0 aromatic carbocycles. The number of hydrogen-bond donors (Lipinski definition) is 1. The van der Waals surface area contributed by atoms with E-state index >= 15 is 0 Å². The zero-order valence-electron chi connectivity index (χ0n) is 8.12. The van der Waals surface area contributed by atoms with Crippen molar-refractivity contribution in [3.63, 3.8) is 0 Å². The molecule has 0 atom stereocenters. The van der Waals surface area contributed by atoms with Crippen molar-refractivity contribution in [2.24, 2.45) is 0 Å². The summed E-state index contributed by atoms with van der Waals surface area (Å²) in [7, 11) is 0. The van der Waals surface area contributed by atoms with E-state index in [2.05, 4.69) is 4.98 Å². The van der Waals surface area contributed by atoms with Crippen LogP contribution in [-0.2, 0) is 0 Å². The van der Waals surface area contributed by atoms with Crippen LogP contribution < -0.4 is 0 Å². The summed E-state index contributed by atoms with van der Waals surface area (Å²) in [5.74, 6) is 0.356. The first-order valence-electron chi connectivity index (χ1n) is 4.89. The summed E-state index contributed by atoms with van der Waals surface area (Å²) in [6.45, 7) is 1.65. The number of aryl methyl sites for hydroxylation is 1. The highest BCUT2D eigenvalue weighted by Gasteiger charge is 2.25. The van der Waals surface area contributed by atoms with E-state index in [1.165, 1.54) is 12.8 Å².